The van der Waals surface area contributed by atoms with Crippen molar-refractivity contribution in [2.45, 2.75) is 6.42 Å². The number of ether oxygens (including phenoxy) is 2. The van der Waals surface area contributed by atoms with Crippen molar-refractivity contribution in [1.29, 1.82) is 0 Å². The number of thioether (sulfide) groups is 1. The summed E-state index contributed by atoms with van der Waals surface area (Å²) in [6.45, 7) is 0.791. The van der Waals surface area contributed by atoms with E-state index in [1.807, 2.05) is 0 Å². The molecular formula is C6H12O2S2. The molecule has 0 spiro atoms. The van der Waals surface area contributed by atoms with Gasteiger partial charge in [0.2, 0.25) is 4.38 Å². The largest absolute Gasteiger partial charge is 0.482 e. The molecule has 0 saturated carbocycles. The van der Waals surface area contributed by atoms with Crippen molar-refractivity contribution >= 4 is 28.4 Å². The Morgan fingerprint density at radius 3 is 2.70 bits per heavy atom. The first kappa shape index (κ1) is 10.2. The van der Waals surface area contributed by atoms with Crippen molar-refractivity contribution in [3.8, 4) is 0 Å². The summed E-state index contributed by atoms with van der Waals surface area (Å²) < 4.78 is 10.3. The Morgan fingerprint density at radius 2 is 2.20 bits per heavy atom. The van der Waals surface area contributed by atoms with Crippen LogP contribution in [-0.2, 0) is 9.47 Å². The van der Waals surface area contributed by atoms with Crippen molar-refractivity contribution in [3.63, 3.8) is 0 Å². The first-order valence-electron chi connectivity index (χ1n) is 3.01. The highest BCUT2D eigenvalue weighted by molar-refractivity contribution is 8.22. The summed E-state index contributed by atoms with van der Waals surface area (Å²) in [4.78, 5) is 0. The lowest BCUT2D eigenvalue weighted by molar-refractivity contribution is 0.200. The van der Waals surface area contributed by atoms with E-state index in [4.69, 9.17) is 21.7 Å². The van der Waals surface area contributed by atoms with Gasteiger partial charge in [-0.3, -0.25) is 0 Å². The molecule has 0 aliphatic heterocycles. The third-order valence-electron chi connectivity index (χ3n) is 0.879. The normalized spacial score (nSPS) is 9.40. The molecule has 0 saturated heterocycles. The fourth-order valence-corrected chi connectivity index (χ4v) is 1.21. The highest BCUT2D eigenvalue weighted by Crippen LogP contribution is 2.05. The molecular weight excluding hydrogens is 168 g/mol. The Balaban J connectivity index is 2.96. The number of thiocarbonyl (C=S) groups is 1. The minimum absolute atomic E-state index is 0.608. The maximum Gasteiger partial charge on any atom is 0.219 e. The zero-order chi connectivity index (χ0) is 7.82. The predicted molar refractivity (Wildman–Crippen MR) is 48.6 cm³/mol. The first-order chi connectivity index (χ1) is 4.81. The Bertz CT molecular complexity index is 95.7. The second kappa shape index (κ2) is 7.31. The second-order valence-corrected chi connectivity index (χ2v) is 3.35. The Kier molecular flexibility index (Phi) is 7.45. The van der Waals surface area contributed by atoms with Gasteiger partial charge in [-0.05, 0) is 18.6 Å². The molecule has 0 rings (SSSR count). The van der Waals surface area contributed by atoms with Crippen LogP contribution < -0.4 is 0 Å². The van der Waals surface area contributed by atoms with Crippen molar-refractivity contribution in [1.82, 2.24) is 0 Å². The van der Waals surface area contributed by atoms with Gasteiger partial charge in [-0.15, -0.1) is 0 Å². The molecule has 0 aromatic rings. The van der Waals surface area contributed by atoms with Crippen LogP contribution in [0.4, 0.5) is 0 Å². The van der Waals surface area contributed by atoms with Crippen LogP contribution in [0.25, 0.3) is 0 Å². The predicted octanol–water partition coefficient (Wildman–Crippen LogP) is 1.69. The molecule has 10 heavy (non-hydrogen) atoms. The highest BCUT2D eigenvalue weighted by Gasteiger charge is 1.93. The Morgan fingerprint density at radius 1 is 1.50 bits per heavy atom. The fraction of sp³-hybridized carbons (Fsp3) is 0.833. The number of methoxy groups -OCH3 is 2. The van der Waals surface area contributed by atoms with Gasteiger partial charge in [-0.25, -0.2) is 0 Å². The van der Waals surface area contributed by atoms with E-state index in [1.165, 1.54) is 0 Å². The van der Waals surface area contributed by atoms with Crippen LogP contribution >= 0.6 is 24.0 Å². The summed E-state index contributed by atoms with van der Waals surface area (Å²) in [5.74, 6) is 0.973. The van der Waals surface area contributed by atoms with E-state index in [-0.39, 0.29) is 0 Å². The SMILES string of the molecule is COCCCSC(=S)OC. The van der Waals surface area contributed by atoms with Crippen LogP contribution in [0.1, 0.15) is 6.42 Å². The average molecular weight is 180 g/mol. The quantitative estimate of drug-likeness (QED) is 0.484. The lowest BCUT2D eigenvalue weighted by Crippen LogP contribution is -1.95. The molecule has 0 aliphatic carbocycles. The molecule has 0 aromatic carbocycles. The van der Waals surface area contributed by atoms with E-state index in [1.54, 1.807) is 26.0 Å². The van der Waals surface area contributed by atoms with Crippen molar-refractivity contribution in [2.75, 3.05) is 26.6 Å². The molecule has 0 fully saturated rings. The van der Waals surface area contributed by atoms with Gasteiger partial charge in [0.1, 0.15) is 0 Å². The van der Waals surface area contributed by atoms with Gasteiger partial charge in [0.25, 0.3) is 0 Å². The number of rotatable bonds is 4. The second-order valence-electron chi connectivity index (χ2n) is 1.65. The van der Waals surface area contributed by atoms with Crippen molar-refractivity contribution < 1.29 is 9.47 Å². The molecule has 0 aromatic heterocycles. The number of hydrogen-bond acceptors (Lipinski definition) is 4. The minimum Gasteiger partial charge on any atom is -0.482 e. The van der Waals surface area contributed by atoms with Gasteiger partial charge in [0.15, 0.2) is 0 Å². The maximum absolute atomic E-state index is 4.86. The Hall–Kier alpha value is 0.200. The summed E-state index contributed by atoms with van der Waals surface area (Å²) >= 11 is 6.35. The molecule has 0 amide bonds. The molecule has 0 radical (unpaired) electrons. The first-order valence-corrected chi connectivity index (χ1v) is 4.40. The fourth-order valence-electron chi connectivity index (χ4n) is 0.418. The van der Waals surface area contributed by atoms with Gasteiger partial charge in [0.05, 0.1) is 7.11 Å². The van der Waals surface area contributed by atoms with E-state index in [0.29, 0.717) is 4.38 Å². The molecule has 60 valence electrons. The van der Waals surface area contributed by atoms with E-state index >= 15 is 0 Å². The summed E-state index contributed by atoms with van der Waals surface area (Å²) in [5.41, 5.74) is 0. The summed E-state index contributed by atoms with van der Waals surface area (Å²) in [5, 5.41) is 0. The van der Waals surface area contributed by atoms with Crippen LogP contribution in [0.2, 0.25) is 0 Å². The summed E-state index contributed by atoms with van der Waals surface area (Å²) in [6, 6.07) is 0. The van der Waals surface area contributed by atoms with E-state index < -0.39 is 0 Å². The van der Waals surface area contributed by atoms with Gasteiger partial charge >= 0.3 is 0 Å². The molecule has 0 heterocycles. The lowest BCUT2D eigenvalue weighted by Gasteiger charge is -2.00. The van der Waals surface area contributed by atoms with Gasteiger partial charge in [-0.2, -0.15) is 0 Å². The molecule has 4 heteroatoms. The zero-order valence-corrected chi connectivity index (χ0v) is 7.89. The topological polar surface area (TPSA) is 18.5 Å². The van der Waals surface area contributed by atoms with E-state index in [0.717, 1.165) is 18.8 Å². The monoisotopic (exact) mass is 180 g/mol. The van der Waals surface area contributed by atoms with Gasteiger partial charge in [0, 0.05) is 19.5 Å². The highest BCUT2D eigenvalue weighted by atomic mass is 32.2. The summed E-state index contributed by atoms with van der Waals surface area (Å²) in [7, 11) is 3.28. The standard InChI is InChI=1S/C6H12O2S2/c1-7-4-3-5-10-6(9)8-2/h3-5H2,1-2H3. The van der Waals surface area contributed by atoms with Crippen molar-refractivity contribution in [2.24, 2.45) is 0 Å². The zero-order valence-electron chi connectivity index (χ0n) is 6.25. The smallest absolute Gasteiger partial charge is 0.219 e. The molecule has 0 bridgehead atoms. The van der Waals surface area contributed by atoms with E-state index in [2.05, 4.69) is 0 Å². The minimum atomic E-state index is 0.608. The third-order valence-corrected chi connectivity index (χ3v) is 2.29. The molecule has 0 N–H and O–H groups in total. The van der Waals surface area contributed by atoms with Gasteiger partial charge < -0.3 is 9.47 Å². The maximum atomic E-state index is 4.86. The van der Waals surface area contributed by atoms with Crippen LogP contribution in [0.5, 0.6) is 0 Å². The van der Waals surface area contributed by atoms with Gasteiger partial charge in [-0.1, -0.05) is 11.8 Å². The van der Waals surface area contributed by atoms with Crippen LogP contribution in [0.15, 0.2) is 0 Å². The van der Waals surface area contributed by atoms with E-state index in [9.17, 15) is 0 Å². The average Bonchev–Trinajstić information content (AvgIpc) is 1.98. The molecule has 0 aliphatic rings. The molecule has 0 atom stereocenters. The third kappa shape index (κ3) is 6.32. The lowest BCUT2D eigenvalue weighted by atomic mass is 10.5. The molecule has 2 nitrogen and oxygen atoms in total. The molecule has 0 unspecified atom stereocenters. The van der Waals surface area contributed by atoms with Crippen LogP contribution in [0, 0.1) is 0 Å². The summed E-state index contributed by atoms with van der Waals surface area (Å²) in [6.07, 6.45) is 1.02. The van der Waals surface area contributed by atoms with Crippen molar-refractivity contribution in [3.05, 3.63) is 0 Å². The number of hydrogen-bond donors (Lipinski definition) is 0. The van der Waals surface area contributed by atoms with Crippen LogP contribution in [-0.4, -0.2) is 31.0 Å². The van der Waals surface area contributed by atoms with Crippen LogP contribution in [0.3, 0.4) is 0 Å². The Labute approximate surface area is 71.3 Å².